The largest absolute Gasteiger partial charge is 0.492 e. The Morgan fingerprint density at radius 2 is 2.05 bits per heavy atom. The van der Waals surface area contributed by atoms with Crippen molar-refractivity contribution in [1.82, 2.24) is 10.3 Å². The normalized spacial score (nSPS) is 10.9. The second kappa shape index (κ2) is 7.79. The quantitative estimate of drug-likeness (QED) is 0.788. The summed E-state index contributed by atoms with van der Waals surface area (Å²) in [5.41, 5.74) is 3.62. The maximum atomic E-state index is 5.83. The van der Waals surface area contributed by atoms with Crippen molar-refractivity contribution < 1.29 is 4.74 Å². The van der Waals surface area contributed by atoms with Crippen molar-refractivity contribution in [3.05, 3.63) is 59.4 Å². The summed E-state index contributed by atoms with van der Waals surface area (Å²) >= 11 is 0. The Balaban J connectivity index is 1.76. The second-order valence-corrected chi connectivity index (χ2v) is 5.58. The predicted octanol–water partition coefficient (Wildman–Crippen LogP) is 3.68. The van der Waals surface area contributed by atoms with E-state index in [1.165, 1.54) is 11.1 Å². The molecule has 0 spiro atoms. The fraction of sp³-hybridized carbons (Fsp3) is 0.389. The van der Waals surface area contributed by atoms with Crippen LogP contribution < -0.4 is 10.1 Å². The summed E-state index contributed by atoms with van der Waals surface area (Å²) in [6.45, 7) is 8.75. The number of aryl methyl sites for hydroxylation is 1. The highest BCUT2D eigenvalue weighted by molar-refractivity contribution is 5.35. The topological polar surface area (TPSA) is 34.1 Å². The Bertz CT molecular complexity index is 552. The molecule has 0 aliphatic heterocycles. The van der Waals surface area contributed by atoms with Gasteiger partial charge in [-0.1, -0.05) is 26.0 Å². The zero-order valence-corrected chi connectivity index (χ0v) is 13.1. The van der Waals surface area contributed by atoms with Gasteiger partial charge in [0.05, 0.1) is 5.69 Å². The minimum Gasteiger partial charge on any atom is -0.492 e. The van der Waals surface area contributed by atoms with E-state index >= 15 is 0 Å². The van der Waals surface area contributed by atoms with Crippen molar-refractivity contribution in [2.75, 3.05) is 13.2 Å². The first-order chi connectivity index (χ1) is 10.1. The molecule has 1 aromatic carbocycles. The fourth-order valence-corrected chi connectivity index (χ4v) is 2.15. The maximum absolute atomic E-state index is 5.83. The number of pyridine rings is 1. The lowest BCUT2D eigenvalue weighted by Gasteiger charge is -2.12. The van der Waals surface area contributed by atoms with E-state index in [4.69, 9.17) is 4.74 Å². The molecule has 0 amide bonds. The highest BCUT2D eigenvalue weighted by Crippen LogP contribution is 2.22. The molecule has 0 unspecified atom stereocenters. The van der Waals surface area contributed by atoms with Gasteiger partial charge in [0.1, 0.15) is 12.4 Å². The molecule has 0 fully saturated rings. The van der Waals surface area contributed by atoms with Crippen molar-refractivity contribution in [1.29, 1.82) is 0 Å². The third kappa shape index (κ3) is 5.20. The van der Waals surface area contributed by atoms with Crippen LogP contribution in [0.2, 0.25) is 0 Å². The van der Waals surface area contributed by atoms with Crippen LogP contribution >= 0.6 is 0 Å². The van der Waals surface area contributed by atoms with Crippen molar-refractivity contribution >= 4 is 0 Å². The van der Waals surface area contributed by atoms with Gasteiger partial charge in [0.15, 0.2) is 0 Å². The second-order valence-electron chi connectivity index (χ2n) is 5.58. The number of hydrogen-bond acceptors (Lipinski definition) is 3. The Morgan fingerprint density at radius 3 is 2.76 bits per heavy atom. The summed E-state index contributed by atoms with van der Waals surface area (Å²) in [6, 6.07) is 12.4. The van der Waals surface area contributed by atoms with Crippen LogP contribution in [0.25, 0.3) is 0 Å². The lowest BCUT2D eigenvalue weighted by atomic mass is 10.0. The number of hydrogen-bond donors (Lipinski definition) is 1. The molecular formula is C18H24N2O. The first-order valence-electron chi connectivity index (χ1n) is 7.50. The van der Waals surface area contributed by atoms with Crippen molar-refractivity contribution in [2.45, 2.75) is 33.2 Å². The van der Waals surface area contributed by atoms with Gasteiger partial charge in [0, 0.05) is 19.3 Å². The van der Waals surface area contributed by atoms with E-state index < -0.39 is 0 Å². The standard InChI is InChI=1S/C18H24N2O/c1-14(2)16-10-15(3)11-18(12-16)21-9-8-19-13-17-6-4-5-7-20-17/h4-7,10-12,14,19H,8-9,13H2,1-3H3. The van der Waals surface area contributed by atoms with Crippen LogP contribution in [0.15, 0.2) is 42.6 Å². The summed E-state index contributed by atoms with van der Waals surface area (Å²) in [5.74, 6) is 1.48. The molecule has 0 atom stereocenters. The molecule has 3 nitrogen and oxygen atoms in total. The number of benzene rings is 1. The summed E-state index contributed by atoms with van der Waals surface area (Å²) < 4.78 is 5.83. The average molecular weight is 284 g/mol. The van der Waals surface area contributed by atoms with Gasteiger partial charge in [-0.25, -0.2) is 0 Å². The summed E-state index contributed by atoms with van der Waals surface area (Å²) in [7, 11) is 0. The lowest BCUT2D eigenvalue weighted by Crippen LogP contribution is -2.21. The van der Waals surface area contributed by atoms with Crippen LogP contribution in [0.4, 0.5) is 0 Å². The number of ether oxygens (including phenoxy) is 1. The molecule has 0 saturated heterocycles. The van der Waals surface area contributed by atoms with Crippen LogP contribution in [0.3, 0.4) is 0 Å². The third-order valence-electron chi connectivity index (χ3n) is 3.32. The van der Waals surface area contributed by atoms with Crippen molar-refractivity contribution in [2.24, 2.45) is 0 Å². The average Bonchev–Trinajstić information content (AvgIpc) is 2.47. The van der Waals surface area contributed by atoms with Gasteiger partial charge in [0.25, 0.3) is 0 Å². The van der Waals surface area contributed by atoms with Gasteiger partial charge in [-0.2, -0.15) is 0 Å². The van der Waals surface area contributed by atoms with Gasteiger partial charge < -0.3 is 10.1 Å². The molecule has 21 heavy (non-hydrogen) atoms. The zero-order chi connectivity index (χ0) is 15.1. The van der Waals surface area contributed by atoms with Crippen LogP contribution in [0.1, 0.15) is 36.6 Å². The number of rotatable bonds is 7. The van der Waals surface area contributed by atoms with Crippen LogP contribution in [0, 0.1) is 6.92 Å². The van der Waals surface area contributed by atoms with Gasteiger partial charge >= 0.3 is 0 Å². The molecule has 0 radical (unpaired) electrons. The van der Waals surface area contributed by atoms with Gasteiger partial charge in [0.2, 0.25) is 0 Å². The van der Waals surface area contributed by atoms with E-state index in [1.807, 2.05) is 24.4 Å². The summed E-state index contributed by atoms with van der Waals surface area (Å²) in [6.07, 6.45) is 1.81. The highest BCUT2D eigenvalue weighted by Gasteiger charge is 2.03. The van der Waals surface area contributed by atoms with E-state index in [-0.39, 0.29) is 0 Å². The summed E-state index contributed by atoms with van der Waals surface area (Å²) in [5, 5.41) is 3.34. The van der Waals surface area contributed by atoms with Crippen molar-refractivity contribution in [3.63, 3.8) is 0 Å². The van der Waals surface area contributed by atoms with Gasteiger partial charge in [-0.3, -0.25) is 4.98 Å². The Labute approximate surface area is 127 Å². The zero-order valence-electron chi connectivity index (χ0n) is 13.1. The fourth-order valence-electron chi connectivity index (χ4n) is 2.15. The molecule has 0 aliphatic carbocycles. The van der Waals surface area contributed by atoms with Crippen LogP contribution in [0.5, 0.6) is 5.75 Å². The van der Waals surface area contributed by atoms with Crippen molar-refractivity contribution in [3.8, 4) is 5.75 Å². The molecule has 0 saturated carbocycles. The van der Waals surface area contributed by atoms with E-state index in [9.17, 15) is 0 Å². The van der Waals surface area contributed by atoms with E-state index in [0.29, 0.717) is 12.5 Å². The van der Waals surface area contributed by atoms with Gasteiger partial charge in [-0.05, 0) is 48.2 Å². The van der Waals surface area contributed by atoms with Crippen LogP contribution in [-0.2, 0) is 6.54 Å². The summed E-state index contributed by atoms with van der Waals surface area (Å²) in [4.78, 5) is 4.27. The van der Waals surface area contributed by atoms with Crippen LogP contribution in [-0.4, -0.2) is 18.1 Å². The molecule has 112 valence electrons. The first-order valence-corrected chi connectivity index (χ1v) is 7.50. The molecular weight excluding hydrogens is 260 g/mol. The SMILES string of the molecule is Cc1cc(OCCNCc2ccccn2)cc(C(C)C)c1. The molecule has 0 aliphatic rings. The number of aromatic nitrogens is 1. The molecule has 1 N–H and O–H groups in total. The maximum Gasteiger partial charge on any atom is 0.119 e. The molecule has 1 aromatic heterocycles. The monoisotopic (exact) mass is 284 g/mol. The Kier molecular flexibility index (Phi) is 5.76. The minimum absolute atomic E-state index is 0.523. The Morgan fingerprint density at radius 1 is 1.19 bits per heavy atom. The van der Waals surface area contributed by atoms with E-state index in [2.05, 4.69) is 49.3 Å². The van der Waals surface area contributed by atoms with E-state index in [1.54, 1.807) is 0 Å². The third-order valence-corrected chi connectivity index (χ3v) is 3.32. The highest BCUT2D eigenvalue weighted by atomic mass is 16.5. The smallest absolute Gasteiger partial charge is 0.119 e. The predicted molar refractivity (Wildman–Crippen MR) is 86.7 cm³/mol. The van der Waals surface area contributed by atoms with E-state index in [0.717, 1.165) is 24.5 Å². The number of nitrogens with zero attached hydrogens (tertiary/aromatic N) is 1. The molecule has 3 heteroatoms. The first kappa shape index (κ1) is 15.5. The molecule has 1 heterocycles. The van der Waals surface area contributed by atoms with Gasteiger partial charge in [-0.15, -0.1) is 0 Å². The Hall–Kier alpha value is -1.87. The number of nitrogens with one attached hydrogen (secondary N) is 1. The lowest BCUT2D eigenvalue weighted by molar-refractivity contribution is 0.313. The molecule has 0 bridgehead atoms. The molecule has 2 aromatic rings. The minimum atomic E-state index is 0.523. The molecule has 2 rings (SSSR count).